The van der Waals surface area contributed by atoms with Crippen molar-refractivity contribution in [2.24, 2.45) is 0 Å². The maximum Gasteiger partial charge on any atom is 0.225 e. The molecule has 1 aromatic carbocycles. The average Bonchev–Trinajstić information content (AvgIpc) is 2.53. The van der Waals surface area contributed by atoms with E-state index in [2.05, 4.69) is 6.42 Å². The Balaban J connectivity index is 2.42. The third-order valence-electron chi connectivity index (χ3n) is 2.00. The number of rotatable bonds is 2. The van der Waals surface area contributed by atoms with E-state index in [1.165, 1.54) is 0 Å². The highest BCUT2D eigenvalue weighted by Crippen LogP contribution is 2.32. The number of hydrogen-bond donors (Lipinski definition) is 0. The molecule has 1 aromatic rings. The summed E-state index contributed by atoms with van der Waals surface area (Å²) in [5.41, 5.74) is 2.27. The van der Waals surface area contributed by atoms with E-state index in [-0.39, 0.29) is 0 Å². The predicted octanol–water partition coefficient (Wildman–Crippen LogP) is 2.11. The van der Waals surface area contributed by atoms with Crippen LogP contribution in [0, 0.1) is 6.42 Å². The second-order valence-electron chi connectivity index (χ2n) is 2.67. The first-order valence-corrected chi connectivity index (χ1v) is 4.82. The standard InChI is InChI=1S/C9H9O2P/c10-12-11-9-6-2-4-7-3-1-5-8(7)9/h2,4,6H,1,5,12H2. The average molecular weight is 180 g/mol. The maximum absolute atomic E-state index is 10.3. The van der Waals surface area contributed by atoms with Gasteiger partial charge in [0, 0.05) is 6.42 Å². The van der Waals surface area contributed by atoms with Gasteiger partial charge in [-0.1, -0.05) is 12.1 Å². The summed E-state index contributed by atoms with van der Waals surface area (Å²) in [4.78, 5) is 0. The van der Waals surface area contributed by atoms with Crippen molar-refractivity contribution in [1.82, 2.24) is 0 Å². The molecule has 2 rings (SSSR count). The van der Waals surface area contributed by atoms with Gasteiger partial charge in [0.15, 0.2) is 0 Å². The summed E-state index contributed by atoms with van der Waals surface area (Å²) < 4.78 is 15.4. The Hall–Kier alpha value is -0.750. The molecule has 0 spiro atoms. The van der Waals surface area contributed by atoms with Gasteiger partial charge in [-0.3, -0.25) is 4.57 Å². The molecule has 2 radical (unpaired) electrons. The third kappa shape index (κ3) is 1.27. The summed E-state index contributed by atoms with van der Waals surface area (Å²) in [6.07, 6.45) is 5.14. The van der Waals surface area contributed by atoms with Crippen molar-refractivity contribution in [3.8, 4) is 5.75 Å². The summed E-state index contributed by atoms with van der Waals surface area (Å²) >= 11 is 0. The van der Waals surface area contributed by atoms with Gasteiger partial charge in [-0.15, -0.1) is 0 Å². The molecule has 0 aromatic heterocycles. The fourth-order valence-electron chi connectivity index (χ4n) is 1.47. The third-order valence-corrected chi connectivity index (χ3v) is 2.35. The summed E-state index contributed by atoms with van der Waals surface area (Å²) in [6.45, 7) is 0. The summed E-state index contributed by atoms with van der Waals surface area (Å²) in [6, 6.07) is 5.77. The van der Waals surface area contributed by atoms with Crippen LogP contribution in [0.15, 0.2) is 18.2 Å². The lowest BCUT2D eigenvalue weighted by Gasteiger charge is -2.04. The summed E-state index contributed by atoms with van der Waals surface area (Å²) in [5, 5.41) is 0. The monoisotopic (exact) mass is 180 g/mol. The molecule has 62 valence electrons. The SMILES string of the molecule is O=[PH2]Oc1cccc2c1CC[C]2. The normalized spacial score (nSPS) is 15.3. The van der Waals surface area contributed by atoms with Crippen molar-refractivity contribution in [1.29, 1.82) is 0 Å². The van der Waals surface area contributed by atoms with Crippen molar-refractivity contribution in [2.75, 3.05) is 0 Å². The molecule has 3 heteroatoms. The van der Waals surface area contributed by atoms with Gasteiger partial charge in [-0.2, -0.15) is 0 Å². The maximum atomic E-state index is 10.3. The molecule has 1 atom stereocenters. The number of benzene rings is 1. The summed E-state index contributed by atoms with van der Waals surface area (Å²) in [5.74, 6) is 0.766. The van der Waals surface area contributed by atoms with Gasteiger partial charge in [0.2, 0.25) is 8.69 Å². The zero-order valence-electron chi connectivity index (χ0n) is 6.54. The molecule has 1 aliphatic carbocycles. The minimum Gasteiger partial charge on any atom is -0.447 e. The molecule has 0 saturated heterocycles. The Labute approximate surface area is 72.8 Å². The largest absolute Gasteiger partial charge is 0.447 e. The van der Waals surface area contributed by atoms with Crippen molar-refractivity contribution >= 4 is 8.69 Å². The molecule has 12 heavy (non-hydrogen) atoms. The quantitative estimate of drug-likeness (QED) is 0.651. The molecule has 2 nitrogen and oxygen atoms in total. The number of hydrogen-bond acceptors (Lipinski definition) is 2. The molecule has 0 bridgehead atoms. The van der Waals surface area contributed by atoms with E-state index in [1.54, 1.807) is 0 Å². The van der Waals surface area contributed by atoms with Gasteiger partial charge in [-0.25, -0.2) is 0 Å². The van der Waals surface area contributed by atoms with Crippen LogP contribution in [0.1, 0.15) is 17.5 Å². The lowest BCUT2D eigenvalue weighted by atomic mass is 10.1. The van der Waals surface area contributed by atoms with E-state index in [0.717, 1.165) is 29.7 Å². The van der Waals surface area contributed by atoms with Crippen LogP contribution in [0.5, 0.6) is 5.75 Å². The first kappa shape index (κ1) is 7.88. The zero-order chi connectivity index (χ0) is 8.39. The second-order valence-corrected chi connectivity index (χ2v) is 3.10. The molecular weight excluding hydrogens is 171 g/mol. The fraction of sp³-hybridized carbons (Fsp3) is 0.222. The van der Waals surface area contributed by atoms with Gasteiger partial charge < -0.3 is 4.52 Å². The first-order valence-electron chi connectivity index (χ1n) is 3.88. The van der Waals surface area contributed by atoms with Gasteiger partial charge in [-0.05, 0) is 30.0 Å². The highest BCUT2D eigenvalue weighted by atomic mass is 31.1. The Morgan fingerprint density at radius 1 is 1.50 bits per heavy atom. The Kier molecular flexibility index (Phi) is 2.18. The predicted molar refractivity (Wildman–Crippen MR) is 48.1 cm³/mol. The van der Waals surface area contributed by atoms with Crippen molar-refractivity contribution in [3.05, 3.63) is 35.7 Å². The van der Waals surface area contributed by atoms with Gasteiger partial charge in [0.05, 0.1) is 0 Å². The molecule has 0 heterocycles. The Bertz CT molecular complexity index is 309. The van der Waals surface area contributed by atoms with Crippen LogP contribution in [0.2, 0.25) is 0 Å². The summed E-state index contributed by atoms with van der Waals surface area (Å²) in [7, 11) is -1.15. The minimum absolute atomic E-state index is 0.766. The molecule has 1 unspecified atom stereocenters. The van der Waals surface area contributed by atoms with E-state index in [0.29, 0.717) is 0 Å². The van der Waals surface area contributed by atoms with E-state index in [4.69, 9.17) is 4.52 Å². The van der Waals surface area contributed by atoms with Crippen LogP contribution < -0.4 is 4.52 Å². The van der Waals surface area contributed by atoms with E-state index in [1.807, 2.05) is 18.2 Å². The lowest BCUT2D eigenvalue weighted by Crippen LogP contribution is -1.85. The van der Waals surface area contributed by atoms with Crippen LogP contribution >= 0.6 is 8.69 Å². The van der Waals surface area contributed by atoms with Crippen molar-refractivity contribution in [3.63, 3.8) is 0 Å². The van der Waals surface area contributed by atoms with E-state index < -0.39 is 8.69 Å². The van der Waals surface area contributed by atoms with Crippen LogP contribution in [0.4, 0.5) is 0 Å². The lowest BCUT2D eigenvalue weighted by molar-refractivity contribution is 0.522. The highest BCUT2D eigenvalue weighted by molar-refractivity contribution is 7.17. The molecular formula is C9H9O2P. The molecule has 1 aliphatic rings. The van der Waals surface area contributed by atoms with Crippen LogP contribution in [0.25, 0.3) is 0 Å². The zero-order valence-corrected chi connectivity index (χ0v) is 7.69. The van der Waals surface area contributed by atoms with Gasteiger partial charge in [0.1, 0.15) is 5.75 Å². The fourth-order valence-corrected chi connectivity index (χ4v) is 1.80. The highest BCUT2D eigenvalue weighted by Gasteiger charge is 2.15. The Morgan fingerprint density at radius 2 is 2.42 bits per heavy atom. The topological polar surface area (TPSA) is 26.3 Å². The first-order chi connectivity index (χ1) is 5.92. The second kappa shape index (κ2) is 3.32. The Morgan fingerprint density at radius 3 is 3.25 bits per heavy atom. The number of fused-ring (bicyclic) bond motifs is 1. The van der Waals surface area contributed by atoms with Crippen molar-refractivity contribution < 1.29 is 9.09 Å². The molecule has 0 aliphatic heterocycles. The van der Waals surface area contributed by atoms with E-state index in [9.17, 15) is 4.57 Å². The van der Waals surface area contributed by atoms with Gasteiger partial charge >= 0.3 is 0 Å². The molecule has 0 saturated carbocycles. The molecule has 0 fully saturated rings. The smallest absolute Gasteiger partial charge is 0.225 e. The van der Waals surface area contributed by atoms with Gasteiger partial charge in [0.25, 0.3) is 0 Å². The van der Waals surface area contributed by atoms with Crippen LogP contribution in [0.3, 0.4) is 0 Å². The minimum atomic E-state index is -1.15. The van der Waals surface area contributed by atoms with E-state index >= 15 is 0 Å². The molecule has 0 amide bonds. The molecule has 0 N–H and O–H groups in total. The van der Waals surface area contributed by atoms with Crippen LogP contribution in [-0.2, 0) is 11.0 Å². The van der Waals surface area contributed by atoms with Crippen molar-refractivity contribution in [2.45, 2.75) is 12.8 Å². The van der Waals surface area contributed by atoms with Crippen LogP contribution in [-0.4, -0.2) is 0 Å².